The number of ether oxygens (including phenoxy) is 2. The Morgan fingerprint density at radius 3 is 2.14 bits per heavy atom. The molecule has 29 heavy (non-hydrogen) atoms. The number of amides is 1. The molecule has 0 spiro atoms. The van der Waals surface area contributed by atoms with Crippen molar-refractivity contribution < 1.29 is 14.3 Å². The van der Waals surface area contributed by atoms with Gasteiger partial charge in [0.25, 0.3) is 5.91 Å². The van der Waals surface area contributed by atoms with Crippen LogP contribution in [0.3, 0.4) is 0 Å². The molecule has 0 N–H and O–H groups in total. The van der Waals surface area contributed by atoms with Gasteiger partial charge < -0.3 is 19.3 Å². The summed E-state index contributed by atoms with van der Waals surface area (Å²) in [6, 6.07) is 7.88. The van der Waals surface area contributed by atoms with E-state index in [2.05, 4.69) is 9.88 Å². The van der Waals surface area contributed by atoms with Gasteiger partial charge in [0.1, 0.15) is 5.82 Å². The first-order valence-corrected chi connectivity index (χ1v) is 10.4. The summed E-state index contributed by atoms with van der Waals surface area (Å²) in [5.41, 5.74) is 3.16. The molecule has 2 aliphatic rings. The van der Waals surface area contributed by atoms with Crippen LogP contribution in [-0.4, -0.2) is 56.2 Å². The topological polar surface area (TPSA) is 54.9 Å². The van der Waals surface area contributed by atoms with Gasteiger partial charge in [0, 0.05) is 32.4 Å². The fourth-order valence-corrected chi connectivity index (χ4v) is 4.35. The van der Waals surface area contributed by atoms with Crippen molar-refractivity contribution in [1.82, 2.24) is 9.88 Å². The van der Waals surface area contributed by atoms with Gasteiger partial charge in [-0.15, -0.1) is 0 Å². The Hall–Kier alpha value is -2.76. The molecule has 0 aliphatic carbocycles. The van der Waals surface area contributed by atoms with E-state index < -0.39 is 0 Å². The van der Waals surface area contributed by atoms with Crippen molar-refractivity contribution in [3.8, 4) is 11.5 Å². The van der Waals surface area contributed by atoms with Gasteiger partial charge in [-0.2, -0.15) is 0 Å². The Labute approximate surface area is 172 Å². The highest BCUT2D eigenvalue weighted by molar-refractivity contribution is 5.99. The molecule has 1 fully saturated rings. The van der Waals surface area contributed by atoms with Gasteiger partial charge in [-0.05, 0) is 67.5 Å². The predicted molar refractivity (Wildman–Crippen MR) is 113 cm³/mol. The van der Waals surface area contributed by atoms with E-state index in [9.17, 15) is 4.79 Å². The zero-order valence-corrected chi connectivity index (χ0v) is 17.3. The second kappa shape index (κ2) is 8.72. The maximum absolute atomic E-state index is 13.4. The van der Waals surface area contributed by atoms with E-state index in [1.54, 1.807) is 20.4 Å². The Bertz CT molecular complexity index is 843. The average Bonchev–Trinajstić information content (AvgIpc) is 3.00. The number of aromatic nitrogens is 1. The largest absolute Gasteiger partial charge is 0.493 e. The fourth-order valence-electron chi connectivity index (χ4n) is 4.35. The first-order valence-electron chi connectivity index (χ1n) is 10.4. The van der Waals surface area contributed by atoms with Crippen LogP contribution in [0.1, 0.15) is 40.7 Å². The highest BCUT2D eigenvalue weighted by atomic mass is 16.5. The van der Waals surface area contributed by atoms with E-state index in [1.165, 1.54) is 17.5 Å². The molecule has 0 saturated carbocycles. The summed E-state index contributed by atoms with van der Waals surface area (Å²) in [7, 11) is 3.31. The van der Waals surface area contributed by atoms with Gasteiger partial charge in [-0.25, -0.2) is 4.98 Å². The molecule has 0 bridgehead atoms. The lowest BCUT2D eigenvalue weighted by atomic mass is 10.0. The number of anilines is 1. The molecule has 1 aromatic heterocycles. The first-order chi connectivity index (χ1) is 14.2. The smallest absolute Gasteiger partial charge is 0.257 e. The Morgan fingerprint density at radius 2 is 1.55 bits per heavy atom. The molecule has 4 rings (SSSR count). The van der Waals surface area contributed by atoms with Crippen molar-refractivity contribution in [2.75, 3.05) is 45.3 Å². The number of pyridine rings is 1. The van der Waals surface area contributed by atoms with E-state index in [0.717, 1.165) is 61.7 Å². The first kappa shape index (κ1) is 19.6. The summed E-state index contributed by atoms with van der Waals surface area (Å²) >= 11 is 0. The van der Waals surface area contributed by atoms with Crippen molar-refractivity contribution in [3.05, 3.63) is 47.2 Å². The lowest BCUT2D eigenvalue weighted by molar-refractivity contribution is 0.0763. The third-order valence-corrected chi connectivity index (χ3v) is 5.97. The zero-order chi connectivity index (χ0) is 20.2. The van der Waals surface area contributed by atoms with E-state index in [0.29, 0.717) is 13.1 Å². The van der Waals surface area contributed by atoms with Crippen LogP contribution < -0.4 is 14.4 Å². The number of hydrogen-bond donors (Lipinski definition) is 0. The fraction of sp³-hybridized carbons (Fsp3) is 0.478. The summed E-state index contributed by atoms with van der Waals surface area (Å²) in [6.07, 6.45) is 6.97. The molecule has 1 amide bonds. The van der Waals surface area contributed by atoms with Crippen molar-refractivity contribution in [3.63, 3.8) is 0 Å². The van der Waals surface area contributed by atoms with Gasteiger partial charge in [-0.1, -0.05) is 0 Å². The number of nitrogens with zero attached hydrogens (tertiary/aromatic N) is 3. The Morgan fingerprint density at radius 1 is 0.931 bits per heavy atom. The van der Waals surface area contributed by atoms with Gasteiger partial charge >= 0.3 is 0 Å². The van der Waals surface area contributed by atoms with Crippen LogP contribution in [0.2, 0.25) is 0 Å². The summed E-state index contributed by atoms with van der Waals surface area (Å²) in [5.74, 6) is 2.39. The van der Waals surface area contributed by atoms with Gasteiger partial charge in [0.2, 0.25) is 0 Å². The van der Waals surface area contributed by atoms with E-state index in [1.807, 2.05) is 29.2 Å². The highest BCUT2D eigenvalue weighted by Crippen LogP contribution is 2.32. The maximum Gasteiger partial charge on any atom is 0.257 e. The quantitative estimate of drug-likeness (QED) is 0.795. The van der Waals surface area contributed by atoms with Crippen LogP contribution in [0, 0.1) is 0 Å². The number of benzene rings is 1. The lowest BCUT2D eigenvalue weighted by Crippen LogP contribution is -2.36. The minimum Gasteiger partial charge on any atom is -0.493 e. The van der Waals surface area contributed by atoms with E-state index in [4.69, 9.17) is 9.47 Å². The highest BCUT2D eigenvalue weighted by Gasteiger charge is 2.25. The van der Waals surface area contributed by atoms with Crippen molar-refractivity contribution >= 4 is 11.7 Å². The van der Waals surface area contributed by atoms with Gasteiger partial charge in [0.05, 0.1) is 19.8 Å². The molecule has 1 saturated heterocycles. The number of fused-ring (bicyclic) bond motifs is 1. The number of rotatable bonds is 4. The summed E-state index contributed by atoms with van der Waals surface area (Å²) in [4.78, 5) is 22.2. The molecule has 154 valence electrons. The summed E-state index contributed by atoms with van der Waals surface area (Å²) in [6.45, 7) is 3.33. The number of hydrogen-bond acceptors (Lipinski definition) is 5. The summed E-state index contributed by atoms with van der Waals surface area (Å²) in [5, 5.41) is 0. The van der Waals surface area contributed by atoms with E-state index >= 15 is 0 Å². The number of methoxy groups -OCH3 is 2. The molecule has 0 atom stereocenters. The molecule has 0 unspecified atom stereocenters. The third-order valence-electron chi connectivity index (χ3n) is 5.97. The lowest BCUT2D eigenvalue weighted by Gasteiger charge is -2.30. The normalized spacial score (nSPS) is 16.8. The average molecular weight is 396 g/mol. The van der Waals surface area contributed by atoms with Crippen molar-refractivity contribution in [1.29, 1.82) is 0 Å². The zero-order valence-electron chi connectivity index (χ0n) is 17.3. The maximum atomic E-state index is 13.4. The van der Waals surface area contributed by atoms with Gasteiger partial charge in [0.15, 0.2) is 11.5 Å². The van der Waals surface area contributed by atoms with E-state index in [-0.39, 0.29) is 5.91 Å². The number of carbonyl (C=O) groups excluding carboxylic acids is 1. The molecule has 3 heterocycles. The van der Waals surface area contributed by atoms with Crippen LogP contribution in [0.4, 0.5) is 5.82 Å². The standard InChI is InChI=1S/C23H29N3O3/c1-28-20-15-17-8-13-26(14-9-18(17)16-21(20)29-2)23(27)19-7-6-10-24-22(19)25-11-4-3-5-12-25/h6-7,10,15-16H,3-5,8-9,11-14H2,1-2H3. The SMILES string of the molecule is COc1cc2c(cc1OC)CCN(C(=O)c1cccnc1N1CCCCC1)CC2. The van der Waals surface area contributed by atoms with Crippen LogP contribution in [0.5, 0.6) is 11.5 Å². The van der Waals surface area contributed by atoms with Crippen LogP contribution in [-0.2, 0) is 12.8 Å². The molecule has 6 heteroatoms. The molecule has 1 aromatic carbocycles. The second-order valence-corrected chi connectivity index (χ2v) is 7.69. The molecule has 2 aliphatic heterocycles. The monoisotopic (exact) mass is 395 g/mol. The minimum absolute atomic E-state index is 0.0745. The minimum atomic E-state index is 0.0745. The molecule has 6 nitrogen and oxygen atoms in total. The Balaban J connectivity index is 1.55. The van der Waals surface area contributed by atoms with Crippen LogP contribution >= 0.6 is 0 Å². The van der Waals surface area contributed by atoms with Crippen molar-refractivity contribution in [2.45, 2.75) is 32.1 Å². The van der Waals surface area contributed by atoms with Crippen LogP contribution in [0.25, 0.3) is 0 Å². The second-order valence-electron chi connectivity index (χ2n) is 7.69. The molecule has 2 aromatic rings. The predicted octanol–water partition coefficient (Wildman–Crippen LogP) is 3.33. The summed E-state index contributed by atoms with van der Waals surface area (Å²) < 4.78 is 10.9. The van der Waals surface area contributed by atoms with Crippen molar-refractivity contribution in [2.24, 2.45) is 0 Å². The molecular weight excluding hydrogens is 366 g/mol. The number of carbonyl (C=O) groups is 1. The Kier molecular flexibility index (Phi) is 5.88. The molecule has 0 radical (unpaired) electrons. The van der Waals surface area contributed by atoms with Gasteiger partial charge in [-0.3, -0.25) is 4.79 Å². The number of piperidine rings is 1. The third kappa shape index (κ3) is 4.02. The molecular formula is C23H29N3O3. The van der Waals surface area contributed by atoms with Crippen LogP contribution in [0.15, 0.2) is 30.5 Å².